The van der Waals surface area contributed by atoms with Crippen molar-refractivity contribution in [3.63, 3.8) is 0 Å². The van der Waals surface area contributed by atoms with Crippen LogP contribution in [0.15, 0.2) is 59.5 Å². The third kappa shape index (κ3) is 5.56. The smallest absolute Gasteiger partial charge is 0.357 e. The molecule has 0 saturated heterocycles. The van der Waals surface area contributed by atoms with Crippen molar-refractivity contribution in [2.75, 3.05) is 13.7 Å². The quantitative estimate of drug-likeness (QED) is 0.532. The van der Waals surface area contributed by atoms with Crippen molar-refractivity contribution >= 4 is 32.8 Å². The topological polar surface area (TPSA) is 138 Å². The molecule has 3 aromatic rings. The first-order chi connectivity index (χ1) is 14.7. The van der Waals surface area contributed by atoms with Crippen LogP contribution in [0.5, 0.6) is 5.75 Å². The van der Waals surface area contributed by atoms with Crippen molar-refractivity contribution in [3.05, 3.63) is 65.9 Å². The van der Waals surface area contributed by atoms with Crippen LogP contribution >= 0.6 is 0 Å². The number of carbonyl (C=O) groups excluding carboxylic acids is 2. The lowest BCUT2D eigenvalue weighted by atomic mass is 10.1. The Hall–Kier alpha value is -3.50. The van der Waals surface area contributed by atoms with Crippen LogP contribution in [-0.2, 0) is 19.6 Å². The molecular weight excluding hydrogens is 422 g/mol. The Morgan fingerprint density at radius 3 is 2.45 bits per heavy atom. The maximum Gasteiger partial charge on any atom is 0.357 e. The Morgan fingerprint density at radius 1 is 1.10 bits per heavy atom. The fourth-order valence-corrected chi connectivity index (χ4v) is 3.38. The highest BCUT2D eigenvalue weighted by atomic mass is 32.2. The Kier molecular flexibility index (Phi) is 6.52. The Morgan fingerprint density at radius 2 is 1.81 bits per heavy atom. The van der Waals surface area contributed by atoms with Crippen LogP contribution < -0.4 is 15.2 Å². The molecule has 0 aliphatic rings. The molecule has 0 aliphatic heterocycles. The van der Waals surface area contributed by atoms with Gasteiger partial charge in [0.2, 0.25) is 10.0 Å². The van der Waals surface area contributed by atoms with Gasteiger partial charge in [-0.3, -0.25) is 4.79 Å². The van der Waals surface area contributed by atoms with Crippen LogP contribution in [0.3, 0.4) is 0 Å². The summed E-state index contributed by atoms with van der Waals surface area (Å²) in [4.78, 5) is 28.6. The molecule has 162 valence electrons. The predicted molar refractivity (Wildman–Crippen MR) is 113 cm³/mol. The van der Waals surface area contributed by atoms with Crippen molar-refractivity contribution in [2.24, 2.45) is 5.14 Å². The zero-order chi connectivity index (χ0) is 22.6. The van der Waals surface area contributed by atoms with E-state index in [1.165, 1.54) is 18.2 Å². The molecule has 2 aromatic carbocycles. The van der Waals surface area contributed by atoms with Gasteiger partial charge in [-0.15, -0.1) is 0 Å². The second kappa shape index (κ2) is 9.11. The van der Waals surface area contributed by atoms with Crippen LogP contribution in [0.1, 0.15) is 29.0 Å². The Bertz CT molecular complexity index is 1230. The minimum Gasteiger partial charge on any atom is -0.497 e. The predicted octanol–water partition coefficient (Wildman–Crippen LogP) is 1.92. The largest absolute Gasteiger partial charge is 0.497 e. The van der Waals surface area contributed by atoms with Crippen molar-refractivity contribution < 1.29 is 27.5 Å². The fourth-order valence-electron chi connectivity index (χ4n) is 2.86. The van der Waals surface area contributed by atoms with Gasteiger partial charge in [0.15, 0.2) is 6.61 Å². The first kappa shape index (κ1) is 22.2. The van der Waals surface area contributed by atoms with Crippen molar-refractivity contribution in [1.29, 1.82) is 0 Å². The Labute approximate surface area is 179 Å². The monoisotopic (exact) mass is 443 g/mol. The number of nitrogens with one attached hydrogen (secondary N) is 1. The number of carbonyl (C=O) groups is 2. The number of aromatic nitrogens is 1. The van der Waals surface area contributed by atoms with Gasteiger partial charge in [-0.25, -0.2) is 23.3 Å². The van der Waals surface area contributed by atoms with Crippen LogP contribution in [0, 0.1) is 0 Å². The second-order valence-corrected chi connectivity index (χ2v) is 8.30. The summed E-state index contributed by atoms with van der Waals surface area (Å²) in [5, 5.41) is 8.54. The molecule has 1 heterocycles. The molecule has 0 bridgehead atoms. The molecule has 0 fully saturated rings. The van der Waals surface area contributed by atoms with Gasteiger partial charge in [0, 0.05) is 5.39 Å². The zero-order valence-electron chi connectivity index (χ0n) is 16.9. The second-order valence-electron chi connectivity index (χ2n) is 6.73. The molecule has 1 atom stereocenters. The van der Waals surface area contributed by atoms with Crippen LogP contribution in [0.2, 0.25) is 0 Å². The first-order valence-electron chi connectivity index (χ1n) is 9.21. The number of methoxy groups -OCH3 is 1. The molecule has 9 nitrogen and oxygen atoms in total. The fraction of sp³-hybridized carbons (Fsp3) is 0.190. The number of ether oxygens (including phenoxy) is 2. The van der Waals surface area contributed by atoms with Crippen molar-refractivity contribution in [1.82, 2.24) is 10.3 Å². The van der Waals surface area contributed by atoms with Crippen molar-refractivity contribution in [2.45, 2.75) is 17.9 Å². The van der Waals surface area contributed by atoms with Gasteiger partial charge in [0.25, 0.3) is 5.91 Å². The van der Waals surface area contributed by atoms with E-state index in [4.69, 9.17) is 14.6 Å². The molecule has 1 amide bonds. The summed E-state index contributed by atoms with van der Waals surface area (Å²) < 4.78 is 32.8. The minimum atomic E-state index is -3.79. The molecule has 0 radical (unpaired) electrons. The molecule has 0 saturated carbocycles. The minimum absolute atomic E-state index is 0.0231. The average molecular weight is 443 g/mol. The summed E-state index contributed by atoms with van der Waals surface area (Å²) >= 11 is 0. The van der Waals surface area contributed by atoms with E-state index in [1.54, 1.807) is 50.4 Å². The maximum absolute atomic E-state index is 12.2. The average Bonchev–Trinajstić information content (AvgIpc) is 2.76. The highest BCUT2D eigenvalue weighted by Crippen LogP contribution is 2.20. The van der Waals surface area contributed by atoms with Gasteiger partial charge in [0.05, 0.1) is 23.6 Å². The zero-order valence-corrected chi connectivity index (χ0v) is 17.7. The summed E-state index contributed by atoms with van der Waals surface area (Å²) in [5.41, 5.74) is 1.34. The number of esters is 1. The maximum atomic E-state index is 12.2. The molecule has 31 heavy (non-hydrogen) atoms. The van der Waals surface area contributed by atoms with Crippen LogP contribution in [0.4, 0.5) is 0 Å². The number of amides is 1. The van der Waals surface area contributed by atoms with Crippen molar-refractivity contribution in [3.8, 4) is 5.75 Å². The van der Waals surface area contributed by atoms with E-state index in [-0.39, 0.29) is 10.6 Å². The molecule has 1 aromatic heterocycles. The molecule has 0 spiro atoms. The van der Waals surface area contributed by atoms with E-state index < -0.39 is 34.5 Å². The number of fused-ring (bicyclic) bond motifs is 1. The number of primary sulfonamides is 1. The SMILES string of the molecule is COc1ccc2nc(C(=O)OCC(=O)NC(C)c3ccc(S(N)(=O)=O)cc3)ccc2c1. The van der Waals surface area contributed by atoms with Gasteiger partial charge < -0.3 is 14.8 Å². The van der Waals surface area contributed by atoms with Gasteiger partial charge in [-0.1, -0.05) is 18.2 Å². The van der Waals surface area contributed by atoms with E-state index in [9.17, 15) is 18.0 Å². The summed E-state index contributed by atoms with van der Waals surface area (Å²) in [6.45, 7) is 1.23. The number of nitrogens with two attached hydrogens (primary N) is 1. The Balaban J connectivity index is 1.57. The molecule has 3 rings (SSSR count). The number of sulfonamides is 1. The lowest BCUT2D eigenvalue weighted by molar-refractivity contribution is -0.124. The number of benzene rings is 2. The number of pyridine rings is 1. The highest BCUT2D eigenvalue weighted by molar-refractivity contribution is 7.89. The van der Waals surface area contributed by atoms with Crippen LogP contribution in [-0.4, -0.2) is 39.0 Å². The summed E-state index contributed by atoms with van der Waals surface area (Å²) in [6, 6.07) is 13.8. The molecule has 3 N–H and O–H groups in total. The summed E-state index contributed by atoms with van der Waals surface area (Å²) in [5.74, 6) is -0.561. The molecule has 0 aliphatic carbocycles. The normalized spacial score (nSPS) is 12.2. The molecule has 1 unspecified atom stereocenters. The standard InChI is InChI=1S/C21H21N3O6S/c1-13(14-3-7-17(8-4-14)31(22,27)28)23-20(25)12-30-21(26)19-9-5-15-11-16(29-2)6-10-18(15)24-19/h3-11,13H,12H2,1-2H3,(H,23,25)(H2,22,27,28). The van der Waals surface area contributed by atoms with Crippen LogP contribution in [0.25, 0.3) is 10.9 Å². The number of hydrogen-bond donors (Lipinski definition) is 2. The lowest BCUT2D eigenvalue weighted by Crippen LogP contribution is -2.31. The number of rotatable bonds is 7. The van der Waals surface area contributed by atoms with E-state index in [0.717, 1.165) is 5.39 Å². The lowest BCUT2D eigenvalue weighted by Gasteiger charge is -2.14. The van der Waals surface area contributed by atoms with Gasteiger partial charge in [0.1, 0.15) is 11.4 Å². The highest BCUT2D eigenvalue weighted by Gasteiger charge is 2.15. The number of nitrogens with zero attached hydrogens (tertiary/aromatic N) is 1. The first-order valence-corrected chi connectivity index (χ1v) is 10.8. The van der Waals surface area contributed by atoms with Gasteiger partial charge in [-0.05, 0) is 48.9 Å². The summed E-state index contributed by atoms with van der Waals surface area (Å²) in [6.07, 6.45) is 0. The van der Waals surface area contributed by atoms with E-state index >= 15 is 0 Å². The van der Waals surface area contributed by atoms with E-state index in [1.807, 2.05) is 0 Å². The molecular formula is C21H21N3O6S. The summed E-state index contributed by atoms with van der Waals surface area (Å²) in [7, 11) is -2.23. The number of hydrogen-bond acceptors (Lipinski definition) is 7. The molecule has 10 heteroatoms. The third-order valence-electron chi connectivity index (χ3n) is 4.53. The third-order valence-corrected chi connectivity index (χ3v) is 5.46. The van der Waals surface area contributed by atoms with Gasteiger partial charge in [-0.2, -0.15) is 0 Å². The van der Waals surface area contributed by atoms with E-state index in [2.05, 4.69) is 10.3 Å². The van der Waals surface area contributed by atoms with Gasteiger partial charge >= 0.3 is 5.97 Å². The van der Waals surface area contributed by atoms with E-state index in [0.29, 0.717) is 16.8 Å².